The average molecular weight is 331 g/mol. The van der Waals surface area contributed by atoms with E-state index in [9.17, 15) is 0 Å². The molecule has 1 aromatic carbocycles. The third-order valence-electron chi connectivity index (χ3n) is 3.15. The highest BCUT2D eigenvalue weighted by Gasteiger charge is 2.09. The lowest BCUT2D eigenvalue weighted by Gasteiger charge is -2.04. The number of fused-ring (bicyclic) bond motifs is 1. The Labute approximate surface area is 126 Å². The Balaban J connectivity index is 2.03. The van der Waals surface area contributed by atoms with Gasteiger partial charge in [-0.3, -0.25) is 4.98 Å². The van der Waals surface area contributed by atoms with Gasteiger partial charge in [-0.2, -0.15) is 0 Å². The molecule has 3 aromatic rings. The maximum atomic E-state index is 5.90. The van der Waals surface area contributed by atoms with Crippen molar-refractivity contribution in [3.63, 3.8) is 0 Å². The molecule has 0 spiro atoms. The standard InChI is InChI=1S/C16H15BrN2O/c1-2-18-10-13-6-7-15(20-13)14-5-3-4-11-8-12(17)9-19-16(11)14/h3-9,18H,2,10H2,1H3. The summed E-state index contributed by atoms with van der Waals surface area (Å²) in [5.41, 5.74) is 1.98. The van der Waals surface area contributed by atoms with E-state index in [-0.39, 0.29) is 0 Å². The van der Waals surface area contributed by atoms with Gasteiger partial charge in [0.15, 0.2) is 0 Å². The fourth-order valence-corrected chi connectivity index (χ4v) is 2.55. The number of nitrogens with one attached hydrogen (secondary N) is 1. The van der Waals surface area contributed by atoms with Gasteiger partial charge in [0, 0.05) is 21.6 Å². The van der Waals surface area contributed by atoms with E-state index >= 15 is 0 Å². The first-order valence-corrected chi connectivity index (χ1v) is 7.41. The molecule has 4 heteroatoms. The van der Waals surface area contributed by atoms with Gasteiger partial charge in [-0.05, 0) is 46.7 Å². The van der Waals surface area contributed by atoms with E-state index < -0.39 is 0 Å². The molecule has 0 aliphatic carbocycles. The predicted molar refractivity (Wildman–Crippen MR) is 84.5 cm³/mol. The smallest absolute Gasteiger partial charge is 0.136 e. The summed E-state index contributed by atoms with van der Waals surface area (Å²) in [4.78, 5) is 4.51. The van der Waals surface area contributed by atoms with Gasteiger partial charge in [0.2, 0.25) is 0 Å². The molecular weight excluding hydrogens is 316 g/mol. The van der Waals surface area contributed by atoms with Crippen LogP contribution < -0.4 is 5.32 Å². The Kier molecular flexibility index (Phi) is 3.85. The largest absolute Gasteiger partial charge is 0.460 e. The summed E-state index contributed by atoms with van der Waals surface area (Å²) in [6.07, 6.45) is 1.81. The highest BCUT2D eigenvalue weighted by molar-refractivity contribution is 9.10. The van der Waals surface area contributed by atoms with Gasteiger partial charge in [0.25, 0.3) is 0 Å². The van der Waals surface area contributed by atoms with Crippen molar-refractivity contribution < 1.29 is 4.42 Å². The van der Waals surface area contributed by atoms with Crippen LogP contribution in [0.4, 0.5) is 0 Å². The lowest BCUT2D eigenvalue weighted by Crippen LogP contribution is -2.10. The third-order valence-corrected chi connectivity index (χ3v) is 3.59. The van der Waals surface area contributed by atoms with Gasteiger partial charge in [0.1, 0.15) is 11.5 Å². The van der Waals surface area contributed by atoms with Crippen molar-refractivity contribution >= 4 is 26.8 Å². The Morgan fingerprint density at radius 3 is 3.00 bits per heavy atom. The van der Waals surface area contributed by atoms with Gasteiger partial charge in [-0.1, -0.05) is 19.1 Å². The van der Waals surface area contributed by atoms with Crippen LogP contribution in [-0.4, -0.2) is 11.5 Å². The normalized spacial score (nSPS) is 11.1. The summed E-state index contributed by atoms with van der Waals surface area (Å²) in [5, 5.41) is 4.36. The number of hydrogen-bond donors (Lipinski definition) is 1. The van der Waals surface area contributed by atoms with Crippen molar-refractivity contribution in [2.45, 2.75) is 13.5 Å². The molecule has 0 fully saturated rings. The van der Waals surface area contributed by atoms with Crippen LogP contribution in [0.1, 0.15) is 12.7 Å². The zero-order valence-electron chi connectivity index (χ0n) is 11.2. The van der Waals surface area contributed by atoms with Crippen LogP contribution >= 0.6 is 15.9 Å². The molecule has 0 aliphatic heterocycles. The van der Waals surface area contributed by atoms with Crippen molar-refractivity contribution in [3.05, 3.63) is 52.8 Å². The van der Waals surface area contributed by atoms with E-state index in [1.165, 1.54) is 0 Å². The molecule has 0 unspecified atom stereocenters. The SMILES string of the molecule is CCNCc1ccc(-c2cccc3cc(Br)cnc23)o1. The van der Waals surface area contributed by atoms with Gasteiger partial charge < -0.3 is 9.73 Å². The number of pyridine rings is 1. The van der Waals surface area contributed by atoms with E-state index in [4.69, 9.17) is 4.42 Å². The van der Waals surface area contributed by atoms with E-state index in [0.29, 0.717) is 0 Å². The van der Waals surface area contributed by atoms with Crippen LogP contribution in [0.5, 0.6) is 0 Å². The van der Waals surface area contributed by atoms with Crippen molar-refractivity contribution in [1.29, 1.82) is 0 Å². The van der Waals surface area contributed by atoms with Gasteiger partial charge >= 0.3 is 0 Å². The number of hydrogen-bond acceptors (Lipinski definition) is 3. The van der Waals surface area contributed by atoms with E-state index in [1.54, 1.807) is 0 Å². The van der Waals surface area contributed by atoms with E-state index in [2.05, 4.69) is 45.3 Å². The minimum absolute atomic E-state index is 0.750. The molecular formula is C16H15BrN2O. The lowest BCUT2D eigenvalue weighted by atomic mass is 10.1. The van der Waals surface area contributed by atoms with Crippen molar-refractivity contribution in [2.75, 3.05) is 6.54 Å². The second-order valence-electron chi connectivity index (χ2n) is 4.58. The molecule has 2 aromatic heterocycles. The maximum absolute atomic E-state index is 5.90. The first-order chi connectivity index (χ1) is 9.78. The Morgan fingerprint density at radius 1 is 1.25 bits per heavy atom. The number of benzene rings is 1. The van der Waals surface area contributed by atoms with Crippen molar-refractivity contribution in [3.8, 4) is 11.3 Å². The summed E-state index contributed by atoms with van der Waals surface area (Å²) in [5.74, 6) is 1.80. The zero-order chi connectivity index (χ0) is 13.9. The number of furan rings is 1. The van der Waals surface area contributed by atoms with Crippen LogP contribution in [0.25, 0.3) is 22.2 Å². The lowest BCUT2D eigenvalue weighted by molar-refractivity contribution is 0.499. The fraction of sp³-hybridized carbons (Fsp3) is 0.188. The number of aromatic nitrogens is 1. The Hall–Kier alpha value is -1.65. The van der Waals surface area contributed by atoms with Gasteiger partial charge in [-0.25, -0.2) is 0 Å². The van der Waals surface area contributed by atoms with Crippen LogP contribution in [0.2, 0.25) is 0 Å². The minimum Gasteiger partial charge on any atom is -0.460 e. The highest BCUT2D eigenvalue weighted by Crippen LogP contribution is 2.29. The molecule has 2 heterocycles. The molecule has 0 aliphatic rings. The van der Waals surface area contributed by atoms with Gasteiger partial charge in [-0.15, -0.1) is 0 Å². The Morgan fingerprint density at radius 2 is 2.15 bits per heavy atom. The fourth-order valence-electron chi connectivity index (χ4n) is 2.20. The third kappa shape index (κ3) is 2.62. The summed E-state index contributed by atoms with van der Waals surface area (Å²) >= 11 is 3.45. The minimum atomic E-state index is 0.750. The van der Waals surface area contributed by atoms with Gasteiger partial charge in [0.05, 0.1) is 12.1 Å². The zero-order valence-corrected chi connectivity index (χ0v) is 12.8. The van der Waals surface area contributed by atoms with Crippen LogP contribution in [-0.2, 0) is 6.54 Å². The number of rotatable bonds is 4. The summed E-state index contributed by atoms with van der Waals surface area (Å²) in [6.45, 7) is 3.76. The first-order valence-electron chi connectivity index (χ1n) is 6.62. The molecule has 0 bridgehead atoms. The molecule has 0 atom stereocenters. The molecule has 0 radical (unpaired) electrons. The molecule has 0 amide bonds. The maximum Gasteiger partial charge on any atom is 0.136 e. The molecule has 3 nitrogen and oxygen atoms in total. The molecule has 1 N–H and O–H groups in total. The topological polar surface area (TPSA) is 38.1 Å². The summed E-state index contributed by atoms with van der Waals surface area (Å²) < 4.78 is 6.88. The van der Waals surface area contributed by atoms with Crippen LogP contribution in [0.15, 0.2) is 51.5 Å². The van der Waals surface area contributed by atoms with E-state index in [0.717, 1.165) is 45.5 Å². The number of para-hydroxylation sites is 1. The second-order valence-corrected chi connectivity index (χ2v) is 5.49. The van der Waals surface area contributed by atoms with Crippen LogP contribution in [0, 0.1) is 0 Å². The molecule has 20 heavy (non-hydrogen) atoms. The molecule has 0 saturated carbocycles. The van der Waals surface area contributed by atoms with Crippen molar-refractivity contribution in [2.24, 2.45) is 0 Å². The average Bonchev–Trinajstić information content (AvgIpc) is 2.92. The Bertz CT molecular complexity index is 736. The molecule has 3 rings (SSSR count). The van der Waals surface area contributed by atoms with Crippen molar-refractivity contribution in [1.82, 2.24) is 10.3 Å². The number of nitrogens with zero attached hydrogens (tertiary/aromatic N) is 1. The number of halogens is 1. The predicted octanol–water partition coefficient (Wildman–Crippen LogP) is 4.37. The van der Waals surface area contributed by atoms with E-state index in [1.807, 2.05) is 30.5 Å². The summed E-state index contributed by atoms with van der Waals surface area (Å²) in [6, 6.07) is 12.2. The van der Waals surface area contributed by atoms with Crippen LogP contribution in [0.3, 0.4) is 0 Å². The quantitative estimate of drug-likeness (QED) is 0.772. The monoisotopic (exact) mass is 330 g/mol. The first kappa shape index (κ1) is 13.3. The highest BCUT2D eigenvalue weighted by atomic mass is 79.9. The molecule has 102 valence electrons. The second kappa shape index (κ2) is 5.77. The molecule has 0 saturated heterocycles. The summed E-state index contributed by atoms with van der Waals surface area (Å²) in [7, 11) is 0.